The van der Waals surface area contributed by atoms with Gasteiger partial charge in [-0.3, -0.25) is 4.79 Å². The lowest BCUT2D eigenvalue weighted by atomic mass is 10.0. The summed E-state index contributed by atoms with van der Waals surface area (Å²) in [7, 11) is 0. The van der Waals surface area contributed by atoms with Crippen LogP contribution in [0.5, 0.6) is 0 Å². The van der Waals surface area contributed by atoms with Crippen LogP contribution in [0.2, 0.25) is 10.0 Å². The Morgan fingerprint density at radius 1 is 1.30 bits per heavy atom. The normalized spacial score (nSPS) is 21.2. The van der Waals surface area contributed by atoms with E-state index < -0.39 is 12.5 Å². The molecule has 0 spiro atoms. The van der Waals surface area contributed by atoms with Crippen molar-refractivity contribution in [3.8, 4) is 11.1 Å². The average molecular weight is 449 g/mol. The van der Waals surface area contributed by atoms with Crippen LogP contribution < -0.4 is 5.32 Å². The highest BCUT2D eigenvalue weighted by molar-refractivity contribution is 6.45. The first-order valence-corrected chi connectivity index (χ1v) is 10.9. The molecule has 4 heterocycles. The van der Waals surface area contributed by atoms with Crippen LogP contribution in [0.1, 0.15) is 43.6 Å². The number of fused-ring (bicyclic) bond motifs is 3. The van der Waals surface area contributed by atoms with Gasteiger partial charge < -0.3 is 19.7 Å². The first-order chi connectivity index (χ1) is 14.6. The van der Waals surface area contributed by atoms with Crippen LogP contribution in [-0.2, 0) is 16.1 Å². The molecule has 2 atom stereocenters. The van der Waals surface area contributed by atoms with Gasteiger partial charge in [0.1, 0.15) is 12.8 Å². The minimum Gasteiger partial charge on any atom is -0.387 e. The molecule has 2 aromatic heterocycles. The molecule has 0 bridgehead atoms. The van der Waals surface area contributed by atoms with Crippen molar-refractivity contribution < 1.29 is 14.6 Å². The average Bonchev–Trinajstić information content (AvgIpc) is 3.47. The molecule has 5 rings (SSSR count). The Kier molecular flexibility index (Phi) is 5.23. The number of benzene rings is 1. The van der Waals surface area contributed by atoms with Crippen molar-refractivity contribution in [2.45, 2.75) is 44.5 Å². The number of aliphatic hydroxyl groups excluding tert-OH is 1. The van der Waals surface area contributed by atoms with Crippen molar-refractivity contribution in [2.24, 2.45) is 0 Å². The molecule has 1 fully saturated rings. The summed E-state index contributed by atoms with van der Waals surface area (Å²) in [5.74, 6) is -0.403. The van der Waals surface area contributed by atoms with Crippen LogP contribution in [-0.4, -0.2) is 38.6 Å². The Bertz CT molecular complexity index is 1120. The van der Waals surface area contributed by atoms with Gasteiger partial charge in [-0.15, -0.1) is 0 Å². The number of aliphatic hydroxyl groups is 1. The maximum Gasteiger partial charge on any atom is 0.246 e. The lowest BCUT2D eigenvalue weighted by Crippen LogP contribution is -2.29. The number of halogens is 2. The molecular weight excluding hydrogens is 427 g/mol. The summed E-state index contributed by atoms with van der Waals surface area (Å²) in [6, 6.07) is 3.53. The van der Waals surface area contributed by atoms with E-state index in [1.165, 1.54) is 0 Å². The molecule has 1 saturated heterocycles. The summed E-state index contributed by atoms with van der Waals surface area (Å²) in [5.41, 5.74) is 3.73. The van der Waals surface area contributed by atoms with Crippen LogP contribution in [0.4, 0.5) is 0 Å². The van der Waals surface area contributed by atoms with Gasteiger partial charge in [0.15, 0.2) is 0 Å². The Balaban J connectivity index is 1.66. The molecule has 30 heavy (non-hydrogen) atoms. The summed E-state index contributed by atoms with van der Waals surface area (Å²) in [6.07, 6.45) is 7.62. The SMILES string of the molecule is O=C(CO)NC1CCn2c1c(-c1cnn(C3CCCCO3)c1)c1ccc(Cl)c(Cl)c12. The van der Waals surface area contributed by atoms with Crippen LogP contribution in [0, 0.1) is 0 Å². The van der Waals surface area contributed by atoms with E-state index in [2.05, 4.69) is 15.0 Å². The van der Waals surface area contributed by atoms with Crippen molar-refractivity contribution >= 4 is 40.0 Å². The summed E-state index contributed by atoms with van der Waals surface area (Å²) >= 11 is 12.9. The topological polar surface area (TPSA) is 81.3 Å². The van der Waals surface area contributed by atoms with Crippen molar-refractivity contribution in [3.05, 3.63) is 40.3 Å². The molecule has 3 aromatic rings. The Hall–Kier alpha value is -2.06. The number of carbonyl (C=O) groups excluding carboxylic acids is 1. The van der Waals surface area contributed by atoms with E-state index in [9.17, 15) is 9.90 Å². The van der Waals surface area contributed by atoms with Gasteiger partial charge in [0.05, 0.1) is 27.8 Å². The molecule has 0 aliphatic carbocycles. The molecule has 158 valence electrons. The molecule has 9 heteroatoms. The van der Waals surface area contributed by atoms with Crippen molar-refractivity contribution in [1.82, 2.24) is 19.7 Å². The monoisotopic (exact) mass is 448 g/mol. The van der Waals surface area contributed by atoms with E-state index in [1.807, 2.05) is 23.1 Å². The molecule has 0 radical (unpaired) electrons. The van der Waals surface area contributed by atoms with Crippen LogP contribution in [0.3, 0.4) is 0 Å². The van der Waals surface area contributed by atoms with Gasteiger partial charge in [0.25, 0.3) is 0 Å². The van der Waals surface area contributed by atoms with Gasteiger partial charge in [-0.1, -0.05) is 29.3 Å². The number of aryl methyl sites for hydroxylation is 1. The lowest BCUT2D eigenvalue weighted by Gasteiger charge is -2.22. The van der Waals surface area contributed by atoms with Gasteiger partial charge >= 0.3 is 0 Å². The van der Waals surface area contributed by atoms with Crippen LogP contribution >= 0.6 is 23.2 Å². The Morgan fingerprint density at radius 3 is 2.93 bits per heavy atom. The zero-order chi connectivity index (χ0) is 20.8. The second-order valence-electron chi connectivity index (χ2n) is 7.77. The van der Waals surface area contributed by atoms with Crippen molar-refractivity contribution in [3.63, 3.8) is 0 Å². The summed E-state index contributed by atoms with van der Waals surface area (Å²) in [4.78, 5) is 11.9. The zero-order valence-corrected chi connectivity index (χ0v) is 17.8. The molecule has 2 aliphatic rings. The largest absolute Gasteiger partial charge is 0.387 e. The molecule has 2 N–H and O–H groups in total. The van der Waals surface area contributed by atoms with Gasteiger partial charge in [-0.25, -0.2) is 4.68 Å². The number of rotatable bonds is 4. The van der Waals surface area contributed by atoms with Gasteiger partial charge in [0, 0.05) is 41.6 Å². The maximum atomic E-state index is 11.9. The number of nitrogens with zero attached hydrogens (tertiary/aromatic N) is 3. The van der Waals surface area contributed by atoms with E-state index >= 15 is 0 Å². The van der Waals surface area contributed by atoms with E-state index in [-0.39, 0.29) is 12.3 Å². The minimum absolute atomic E-state index is 0.0580. The summed E-state index contributed by atoms with van der Waals surface area (Å²) in [6.45, 7) is 0.894. The minimum atomic E-state index is -0.546. The summed E-state index contributed by atoms with van der Waals surface area (Å²) < 4.78 is 9.86. The smallest absolute Gasteiger partial charge is 0.246 e. The van der Waals surface area contributed by atoms with Crippen molar-refractivity contribution in [2.75, 3.05) is 13.2 Å². The molecule has 0 saturated carbocycles. The van der Waals surface area contributed by atoms with Crippen molar-refractivity contribution in [1.29, 1.82) is 0 Å². The second kappa shape index (κ2) is 7.89. The van der Waals surface area contributed by atoms with Gasteiger partial charge in [-0.05, 0) is 31.7 Å². The van der Waals surface area contributed by atoms with E-state index in [0.29, 0.717) is 23.0 Å². The fourth-order valence-electron chi connectivity index (χ4n) is 4.63. The fourth-order valence-corrected chi connectivity index (χ4v) is 5.05. The molecule has 2 aliphatic heterocycles. The molecular formula is C21H22Cl2N4O3. The second-order valence-corrected chi connectivity index (χ2v) is 8.55. The Morgan fingerprint density at radius 2 is 2.17 bits per heavy atom. The lowest BCUT2D eigenvalue weighted by molar-refractivity contribution is -0.124. The van der Waals surface area contributed by atoms with E-state index in [1.54, 1.807) is 6.07 Å². The standard InChI is InChI=1S/C21H22Cl2N4O3/c22-14-5-4-13-18(12-9-24-27(10-12)17-3-1-2-8-30-17)21-15(25-16(29)11-28)6-7-26(21)20(13)19(14)23/h4-5,9-10,15,17,28H,1-3,6-8,11H2,(H,25,29). The summed E-state index contributed by atoms with van der Waals surface area (Å²) in [5, 5.41) is 18.7. The van der Waals surface area contributed by atoms with Crippen LogP contribution in [0.25, 0.3) is 22.0 Å². The quantitative estimate of drug-likeness (QED) is 0.630. The predicted molar refractivity (Wildman–Crippen MR) is 115 cm³/mol. The number of hydrogen-bond donors (Lipinski definition) is 2. The highest BCUT2D eigenvalue weighted by Gasteiger charge is 2.33. The first kappa shape index (κ1) is 19.9. The Labute approximate surface area is 183 Å². The maximum absolute atomic E-state index is 11.9. The molecule has 2 unspecified atom stereocenters. The highest BCUT2D eigenvalue weighted by atomic mass is 35.5. The van der Waals surface area contributed by atoms with E-state index in [0.717, 1.165) is 53.6 Å². The van der Waals surface area contributed by atoms with E-state index in [4.69, 9.17) is 27.9 Å². The number of carbonyl (C=O) groups is 1. The van der Waals surface area contributed by atoms with Crippen LogP contribution in [0.15, 0.2) is 24.5 Å². The number of aromatic nitrogens is 3. The number of ether oxygens (including phenoxy) is 1. The number of hydrogen-bond acceptors (Lipinski definition) is 4. The third-order valence-corrected chi connectivity index (χ3v) is 6.74. The third kappa shape index (κ3) is 3.21. The molecule has 1 aromatic carbocycles. The first-order valence-electron chi connectivity index (χ1n) is 10.1. The van der Waals surface area contributed by atoms with Gasteiger partial charge in [0.2, 0.25) is 5.91 Å². The predicted octanol–water partition coefficient (Wildman–Crippen LogP) is 4.06. The fraction of sp³-hybridized carbons (Fsp3) is 0.429. The number of nitrogens with one attached hydrogen (secondary N) is 1. The molecule has 7 nitrogen and oxygen atoms in total. The third-order valence-electron chi connectivity index (χ3n) is 5.95. The number of amides is 1. The molecule has 1 amide bonds. The highest BCUT2D eigenvalue weighted by Crippen LogP contribution is 2.46. The van der Waals surface area contributed by atoms with Gasteiger partial charge in [-0.2, -0.15) is 5.10 Å². The zero-order valence-electron chi connectivity index (χ0n) is 16.3.